The van der Waals surface area contributed by atoms with Crippen molar-refractivity contribution in [2.45, 2.75) is 18.2 Å². The Balaban J connectivity index is 2.03. The third kappa shape index (κ3) is 3.02. The van der Waals surface area contributed by atoms with Crippen LogP contribution >= 0.6 is 23.4 Å². The van der Waals surface area contributed by atoms with Crippen molar-refractivity contribution < 1.29 is 13.2 Å². The van der Waals surface area contributed by atoms with Crippen molar-refractivity contribution in [3.63, 3.8) is 0 Å². The number of sulfone groups is 1. The first-order valence-corrected chi connectivity index (χ1v) is 10.0. The lowest BCUT2D eigenvalue weighted by atomic mass is 10.1. The zero-order valence-electron chi connectivity index (χ0n) is 11.9. The molecule has 2 aliphatic rings. The van der Waals surface area contributed by atoms with E-state index in [0.29, 0.717) is 5.17 Å². The van der Waals surface area contributed by atoms with Crippen LogP contribution in [0.4, 0.5) is 5.69 Å². The van der Waals surface area contributed by atoms with Crippen molar-refractivity contribution >= 4 is 50.0 Å². The standard InChI is InChI=1S/C14H15ClN2O3S2/c1-9-3-2-4-10(5-9)17-11-7-22(19,20)8-12(11)21-14(17)16-13(18)6-15/h2-5,11-12H,6-8H2,1H3. The highest BCUT2D eigenvalue weighted by atomic mass is 35.5. The summed E-state index contributed by atoms with van der Waals surface area (Å²) in [6.45, 7) is 1.97. The Bertz CT molecular complexity index is 748. The van der Waals surface area contributed by atoms with Gasteiger partial charge in [-0.2, -0.15) is 4.99 Å². The smallest absolute Gasteiger partial charge is 0.262 e. The van der Waals surface area contributed by atoms with Crippen LogP contribution in [0.2, 0.25) is 0 Å². The molecular formula is C14H15ClN2O3S2. The Morgan fingerprint density at radius 3 is 2.91 bits per heavy atom. The van der Waals surface area contributed by atoms with Gasteiger partial charge in [-0.1, -0.05) is 23.9 Å². The summed E-state index contributed by atoms with van der Waals surface area (Å²) in [5, 5.41) is 0.452. The Morgan fingerprint density at radius 1 is 1.45 bits per heavy atom. The fourth-order valence-electron chi connectivity index (χ4n) is 2.78. The van der Waals surface area contributed by atoms with E-state index in [1.54, 1.807) is 0 Å². The average molecular weight is 359 g/mol. The molecule has 2 unspecified atom stereocenters. The molecule has 5 nitrogen and oxygen atoms in total. The van der Waals surface area contributed by atoms with E-state index in [-0.39, 0.29) is 28.7 Å². The minimum absolute atomic E-state index is 0.0900. The monoisotopic (exact) mass is 358 g/mol. The van der Waals surface area contributed by atoms with Gasteiger partial charge in [0.05, 0.1) is 17.5 Å². The van der Waals surface area contributed by atoms with Gasteiger partial charge in [0.15, 0.2) is 15.0 Å². The van der Waals surface area contributed by atoms with Gasteiger partial charge in [0.25, 0.3) is 5.91 Å². The van der Waals surface area contributed by atoms with Crippen molar-refractivity contribution in [2.24, 2.45) is 4.99 Å². The summed E-state index contributed by atoms with van der Waals surface area (Å²) < 4.78 is 23.8. The molecule has 1 aromatic carbocycles. The maximum absolute atomic E-state index is 11.9. The summed E-state index contributed by atoms with van der Waals surface area (Å²) in [6.07, 6.45) is 0. The number of carbonyl (C=O) groups is 1. The van der Waals surface area contributed by atoms with E-state index in [9.17, 15) is 13.2 Å². The quantitative estimate of drug-likeness (QED) is 0.754. The molecule has 118 valence electrons. The molecule has 2 atom stereocenters. The number of amidine groups is 1. The normalized spacial score (nSPS) is 28.1. The van der Waals surface area contributed by atoms with Crippen molar-refractivity contribution in [1.29, 1.82) is 0 Å². The lowest BCUT2D eigenvalue weighted by Crippen LogP contribution is -2.37. The zero-order valence-corrected chi connectivity index (χ0v) is 14.3. The summed E-state index contributed by atoms with van der Waals surface area (Å²) in [6, 6.07) is 7.57. The number of carbonyl (C=O) groups excluding carboxylic acids is 1. The number of aryl methyl sites for hydroxylation is 1. The summed E-state index contributed by atoms with van der Waals surface area (Å²) >= 11 is 6.89. The number of rotatable bonds is 2. The molecule has 1 aromatic rings. The second-order valence-corrected chi connectivity index (χ2v) is 9.06. The van der Waals surface area contributed by atoms with Crippen LogP contribution < -0.4 is 4.90 Å². The van der Waals surface area contributed by atoms with Gasteiger partial charge >= 0.3 is 0 Å². The van der Waals surface area contributed by atoms with Crippen molar-refractivity contribution in [3.8, 4) is 0 Å². The number of halogens is 1. The SMILES string of the molecule is Cc1cccc(N2C(=NC(=O)CCl)SC3CS(=O)(=O)CC32)c1. The lowest BCUT2D eigenvalue weighted by molar-refractivity contribution is -0.115. The maximum atomic E-state index is 11.9. The molecular weight excluding hydrogens is 344 g/mol. The first-order chi connectivity index (χ1) is 10.4. The summed E-state index contributed by atoms with van der Waals surface area (Å²) in [7, 11) is -3.04. The minimum Gasteiger partial charge on any atom is -0.316 e. The summed E-state index contributed by atoms with van der Waals surface area (Å²) in [5.41, 5.74) is 1.92. The molecule has 0 bridgehead atoms. The van der Waals surface area contributed by atoms with E-state index in [1.165, 1.54) is 11.8 Å². The number of anilines is 1. The highest BCUT2D eigenvalue weighted by molar-refractivity contribution is 8.16. The van der Waals surface area contributed by atoms with Gasteiger partial charge < -0.3 is 4.90 Å². The Labute approximate surface area is 138 Å². The molecule has 0 spiro atoms. The third-order valence-electron chi connectivity index (χ3n) is 3.68. The van der Waals surface area contributed by atoms with Gasteiger partial charge in [-0.3, -0.25) is 4.79 Å². The number of hydrogen-bond donors (Lipinski definition) is 0. The van der Waals surface area contributed by atoms with Gasteiger partial charge in [0, 0.05) is 10.9 Å². The third-order valence-corrected chi connectivity index (χ3v) is 7.12. The predicted molar refractivity (Wildman–Crippen MR) is 90.6 cm³/mol. The number of benzene rings is 1. The fourth-order valence-corrected chi connectivity index (χ4v) is 6.77. The highest BCUT2D eigenvalue weighted by Gasteiger charge is 2.49. The molecule has 0 aromatic heterocycles. The predicted octanol–water partition coefficient (Wildman–Crippen LogP) is 1.84. The summed E-state index contributed by atoms with van der Waals surface area (Å²) in [5.74, 6) is -0.380. The molecule has 2 aliphatic heterocycles. The molecule has 1 amide bonds. The van der Waals surface area contributed by atoms with Crippen LogP contribution in [-0.4, -0.2) is 48.2 Å². The summed E-state index contributed by atoms with van der Waals surface area (Å²) in [4.78, 5) is 17.5. The lowest BCUT2D eigenvalue weighted by Gasteiger charge is -2.24. The maximum Gasteiger partial charge on any atom is 0.262 e. The van der Waals surface area contributed by atoms with Crippen molar-refractivity contribution in [1.82, 2.24) is 0 Å². The van der Waals surface area contributed by atoms with Gasteiger partial charge in [-0.25, -0.2) is 8.42 Å². The van der Waals surface area contributed by atoms with E-state index in [1.807, 2.05) is 36.1 Å². The molecule has 3 rings (SSSR count). The molecule has 2 fully saturated rings. The van der Waals surface area contributed by atoms with E-state index in [2.05, 4.69) is 4.99 Å². The molecule has 0 aliphatic carbocycles. The number of alkyl halides is 1. The van der Waals surface area contributed by atoms with Crippen LogP contribution in [0, 0.1) is 6.92 Å². The second kappa shape index (κ2) is 5.86. The Morgan fingerprint density at radius 2 is 2.23 bits per heavy atom. The molecule has 0 N–H and O–H groups in total. The van der Waals surface area contributed by atoms with Crippen LogP contribution in [0.5, 0.6) is 0 Å². The largest absolute Gasteiger partial charge is 0.316 e. The van der Waals surface area contributed by atoms with Crippen LogP contribution in [-0.2, 0) is 14.6 Å². The fraction of sp³-hybridized carbons (Fsp3) is 0.429. The number of amides is 1. The first kappa shape index (κ1) is 15.8. The van der Waals surface area contributed by atoms with E-state index in [0.717, 1.165) is 11.3 Å². The molecule has 8 heteroatoms. The highest BCUT2D eigenvalue weighted by Crippen LogP contribution is 2.41. The molecule has 2 heterocycles. The molecule has 0 saturated carbocycles. The van der Waals surface area contributed by atoms with Crippen LogP contribution in [0.1, 0.15) is 5.56 Å². The zero-order chi connectivity index (χ0) is 15.9. The topological polar surface area (TPSA) is 66.8 Å². The van der Waals surface area contributed by atoms with E-state index < -0.39 is 15.7 Å². The van der Waals surface area contributed by atoms with Crippen LogP contribution in [0.3, 0.4) is 0 Å². The van der Waals surface area contributed by atoms with E-state index in [4.69, 9.17) is 11.6 Å². The molecule has 0 radical (unpaired) electrons. The van der Waals surface area contributed by atoms with Crippen molar-refractivity contribution in [2.75, 3.05) is 22.3 Å². The Hall–Kier alpha value is -1.05. The second-order valence-electron chi connectivity index (χ2n) is 5.43. The first-order valence-electron chi connectivity index (χ1n) is 6.80. The molecule has 2 saturated heterocycles. The number of hydrogen-bond acceptors (Lipinski definition) is 4. The number of nitrogens with zero attached hydrogens (tertiary/aromatic N) is 2. The average Bonchev–Trinajstić information content (AvgIpc) is 2.89. The van der Waals surface area contributed by atoms with Gasteiger partial charge in [0.1, 0.15) is 5.88 Å². The van der Waals surface area contributed by atoms with Crippen LogP contribution in [0.25, 0.3) is 0 Å². The Kier molecular flexibility index (Phi) is 4.22. The number of thioether (sulfide) groups is 1. The number of fused-ring (bicyclic) bond motifs is 1. The molecule has 22 heavy (non-hydrogen) atoms. The van der Waals surface area contributed by atoms with Gasteiger partial charge in [-0.05, 0) is 24.6 Å². The van der Waals surface area contributed by atoms with E-state index >= 15 is 0 Å². The minimum atomic E-state index is -3.04. The van der Waals surface area contributed by atoms with Crippen LogP contribution in [0.15, 0.2) is 29.3 Å². The van der Waals surface area contributed by atoms with Gasteiger partial charge in [0.2, 0.25) is 0 Å². The number of aliphatic imine (C=N–C) groups is 1. The van der Waals surface area contributed by atoms with Crippen molar-refractivity contribution in [3.05, 3.63) is 29.8 Å². The van der Waals surface area contributed by atoms with Gasteiger partial charge in [-0.15, -0.1) is 11.6 Å².